The third-order valence-corrected chi connectivity index (χ3v) is 16.4. The highest BCUT2D eigenvalue weighted by Gasteiger charge is 2.26. The summed E-state index contributed by atoms with van der Waals surface area (Å²) in [6.07, 6.45) is 3.23. The van der Waals surface area contributed by atoms with E-state index in [1.165, 1.54) is 44.2 Å². The average molecular weight is 1270 g/mol. The van der Waals surface area contributed by atoms with Crippen molar-refractivity contribution < 1.29 is 0 Å². The molecule has 79 heavy (non-hydrogen) atoms. The smallest absolute Gasteiger partial charge is 0.166 e. The van der Waals surface area contributed by atoms with Gasteiger partial charge in [-0.15, -0.1) is 0 Å². The maximum atomic E-state index is 5.61. The van der Waals surface area contributed by atoms with E-state index in [1.54, 1.807) is 0 Å². The summed E-state index contributed by atoms with van der Waals surface area (Å²) in [4.78, 5) is 27.7. The summed E-state index contributed by atoms with van der Waals surface area (Å²) < 4.78 is 4.69. The first-order chi connectivity index (χ1) is 37.2. The average Bonchev–Trinajstić information content (AvgIpc) is 3.98. The van der Waals surface area contributed by atoms with Crippen LogP contribution in [0.4, 0.5) is 0 Å². The van der Waals surface area contributed by atoms with Gasteiger partial charge in [-0.05, 0) is 224 Å². The predicted octanol–water partition coefficient (Wildman–Crippen LogP) is 20.1. The van der Waals surface area contributed by atoms with Crippen molar-refractivity contribution in [2.45, 2.75) is 145 Å². The van der Waals surface area contributed by atoms with Gasteiger partial charge in [-0.3, -0.25) is 0 Å². The van der Waals surface area contributed by atoms with Crippen LogP contribution in [0.1, 0.15) is 142 Å². The standard InChI is InChI=1S/C71H74I2N6/c1-16-17-20-44-31-48(34-52(32-44)70(10,11)12)64-74-59(41-60(75-64)46-27-43(3)30-54(72)36-46)45-23-25-63(79-61-22-19-18-21-56(61)57-40-50(68(4,5)6)24-26-62(57)79)58(38-45)67-77-65(47-28-42(2)29-51(33-47)69(7,8)9)76-66(78-67)49-35-53(71(13,14)15)39-55(73)37-49/h18-19,21-41H,16-17,20H2,1-15H3. The Labute approximate surface area is 496 Å². The van der Waals surface area contributed by atoms with Crippen molar-refractivity contribution >= 4 is 67.0 Å². The molecule has 0 atom stereocenters. The molecule has 0 aliphatic rings. The molecule has 7 aromatic carbocycles. The Balaban J connectivity index is 1.31. The van der Waals surface area contributed by atoms with Crippen LogP contribution in [-0.2, 0) is 28.1 Å². The summed E-state index contributed by atoms with van der Waals surface area (Å²) in [5.74, 6) is 2.51. The van der Waals surface area contributed by atoms with E-state index in [2.05, 4.69) is 293 Å². The van der Waals surface area contributed by atoms with Crippen molar-refractivity contribution in [3.8, 4) is 73.8 Å². The third-order valence-electron chi connectivity index (χ3n) is 15.2. The largest absolute Gasteiger partial charge is 0.309 e. The quantitative estimate of drug-likeness (QED) is 0.128. The molecule has 0 N–H and O–H groups in total. The zero-order chi connectivity index (χ0) is 56.5. The second kappa shape index (κ2) is 21.4. The third kappa shape index (κ3) is 12.0. The normalized spacial score (nSPS) is 12.5. The minimum Gasteiger partial charge on any atom is -0.309 e. The van der Waals surface area contributed by atoms with Crippen LogP contribution in [0.3, 0.4) is 0 Å². The molecular weight excluding hydrogens is 1190 g/mol. The number of aryl methyl sites for hydroxylation is 3. The van der Waals surface area contributed by atoms with Gasteiger partial charge in [0.05, 0.1) is 28.1 Å². The molecule has 0 spiro atoms. The SMILES string of the molecule is CCCCc1cc(-c2nc(-c3cc(C)cc(I)c3)cc(-c3ccc(-n4c5ccccc5c5cc(C(C)(C)C)ccc54)c(-c4nc(-c5cc(C)cc(C(C)(C)C)c5)nc(-c5cc(I)cc(C(C)(C)C)c5)n4)c3)n2)cc(C(C)(C)C)c1. The number of para-hydroxylation sites is 1. The van der Waals surface area contributed by atoms with E-state index in [0.717, 1.165) is 93.5 Å². The molecule has 0 saturated carbocycles. The van der Waals surface area contributed by atoms with E-state index < -0.39 is 0 Å². The van der Waals surface area contributed by atoms with E-state index >= 15 is 0 Å². The van der Waals surface area contributed by atoms with Gasteiger partial charge in [0.2, 0.25) is 0 Å². The van der Waals surface area contributed by atoms with Gasteiger partial charge in [-0.25, -0.2) is 24.9 Å². The lowest BCUT2D eigenvalue weighted by Gasteiger charge is -2.22. The molecule has 402 valence electrons. The molecule has 0 fully saturated rings. The molecule has 8 heteroatoms. The van der Waals surface area contributed by atoms with Gasteiger partial charge in [0, 0.05) is 51.3 Å². The fraction of sp³-hybridized carbons (Fsp3) is 0.310. The molecule has 10 rings (SSSR count). The predicted molar refractivity (Wildman–Crippen MR) is 351 cm³/mol. The number of halogens is 2. The van der Waals surface area contributed by atoms with E-state index in [1.807, 2.05) is 0 Å². The molecule has 10 aromatic rings. The van der Waals surface area contributed by atoms with Gasteiger partial charge in [0.1, 0.15) is 0 Å². The second-order valence-corrected chi connectivity index (χ2v) is 28.4. The minimum atomic E-state index is -0.102. The van der Waals surface area contributed by atoms with Crippen molar-refractivity contribution in [3.05, 3.63) is 186 Å². The van der Waals surface area contributed by atoms with Crippen LogP contribution in [-0.4, -0.2) is 29.5 Å². The van der Waals surface area contributed by atoms with Crippen molar-refractivity contribution in [2.75, 3.05) is 0 Å². The zero-order valence-corrected chi connectivity index (χ0v) is 53.2. The first-order valence-corrected chi connectivity index (χ1v) is 30.1. The lowest BCUT2D eigenvalue weighted by atomic mass is 9.84. The van der Waals surface area contributed by atoms with Crippen molar-refractivity contribution in [1.82, 2.24) is 29.5 Å². The topological polar surface area (TPSA) is 69.4 Å². The van der Waals surface area contributed by atoms with Crippen molar-refractivity contribution in [3.63, 3.8) is 0 Å². The number of hydrogen-bond donors (Lipinski definition) is 0. The summed E-state index contributed by atoms with van der Waals surface area (Å²) >= 11 is 4.87. The zero-order valence-electron chi connectivity index (χ0n) is 48.8. The Kier molecular flexibility index (Phi) is 15.2. The first kappa shape index (κ1) is 56.2. The number of aromatic nitrogens is 6. The van der Waals surface area contributed by atoms with E-state index in [4.69, 9.17) is 24.9 Å². The summed E-state index contributed by atoms with van der Waals surface area (Å²) in [6.45, 7) is 33.9. The molecule has 0 radical (unpaired) electrons. The molecule has 0 saturated heterocycles. The van der Waals surface area contributed by atoms with Crippen LogP contribution < -0.4 is 0 Å². The van der Waals surface area contributed by atoms with Crippen LogP contribution in [0.25, 0.3) is 95.6 Å². The lowest BCUT2D eigenvalue weighted by molar-refractivity contribution is 0.589. The fourth-order valence-corrected chi connectivity index (χ4v) is 12.1. The number of unbranched alkanes of at least 4 members (excludes halogenated alkanes) is 1. The number of hydrogen-bond acceptors (Lipinski definition) is 5. The Hall–Kier alpha value is -6.11. The molecule has 0 aliphatic carbocycles. The Morgan fingerprint density at radius 2 is 0.924 bits per heavy atom. The van der Waals surface area contributed by atoms with Gasteiger partial charge in [-0.1, -0.05) is 144 Å². The highest BCUT2D eigenvalue weighted by Crippen LogP contribution is 2.42. The molecule has 0 amide bonds. The lowest BCUT2D eigenvalue weighted by Crippen LogP contribution is -2.12. The van der Waals surface area contributed by atoms with E-state index in [9.17, 15) is 0 Å². The van der Waals surface area contributed by atoms with Gasteiger partial charge in [0.25, 0.3) is 0 Å². The van der Waals surface area contributed by atoms with Crippen molar-refractivity contribution in [2.24, 2.45) is 0 Å². The van der Waals surface area contributed by atoms with Crippen LogP contribution in [0.5, 0.6) is 0 Å². The van der Waals surface area contributed by atoms with Crippen LogP contribution in [0.15, 0.2) is 140 Å². The molecule has 0 bridgehead atoms. The van der Waals surface area contributed by atoms with Gasteiger partial charge in [0.15, 0.2) is 23.3 Å². The molecule has 3 aromatic heterocycles. The number of fused-ring (bicyclic) bond motifs is 3. The molecule has 3 heterocycles. The van der Waals surface area contributed by atoms with E-state index in [0.29, 0.717) is 23.3 Å². The van der Waals surface area contributed by atoms with Crippen molar-refractivity contribution in [1.29, 1.82) is 0 Å². The summed E-state index contributed by atoms with van der Waals surface area (Å²) in [7, 11) is 0. The van der Waals surface area contributed by atoms with Crippen LogP contribution in [0, 0.1) is 21.0 Å². The number of rotatable bonds is 10. The summed E-state index contributed by atoms with van der Waals surface area (Å²) in [6, 6.07) is 51.8. The van der Waals surface area contributed by atoms with Gasteiger partial charge in [-0.2, -0.15) is 0 Å². The highest BCUT2D eigenvalue weighted by molar-refractivity contribution is 14.1. The molecule has 0 unspecified atom stereocenters. The van der Waals surface area contributed by atoms with Crippen LogP contribution in [0.2, 0.25) is 0 Å². The summed E-state index contributed by atoms with van der Waals surface area (Å²) in [5.41, 5.74) is 19.0. The molecule has 6 nitrogen and oxygen atoms in total. The Morgan fingerprint density at radius 1 is 0.405 bits per heavy atom. The van der Waals surface area contributed by atoms with E-state index in [-0.39, 0.29) is 21.7 Å². The minimum absolute atomic E-state index is 0.0379. The number of benzene rings is 7. The fourth-order valence-electron chi connectivity index (χ4n) is 10.6. The highest BCUT2D eigenvalue weighted by atomic mass is 127. The Morgan fingerprint density at radius 3 is 1.57 bits per heavy atom. The monoisotopic (exact) mass is 1260 g/mol. The Bertz CT molecular complexity index is 3880. The summed E-state index contributed by atoms with van der Waals surface area (Å²) in [5, 5.41) is 2.39. The maximum Gasteiger partial charge on any atom is 0.166 e. The first-order valence-electron chi connectivity index (χ1n) is 27.9. The number of nitrogens with zero attached hydrogens (tertiary/aromatic N) is 6. The maximum absolute atomic E-state index is 5.61. The van der Waals surface area contributed by atoms with Gasteiger partial charge >= 0.3 is 0 Å². The van der Waals surface area contributed by atoms with Gasteiger partial charge < -0.3 is 4.57 Å². The molecule has 0 aliphatic heterocycles. The van der Waals surface area contributed by atoms with Crippen LogP contribution >= 0.6 is 45.2 Å². The molecular formula is C71H74I2N6. The second-order valence-electron chi connectivity index (χ2n) is 25.9.